The fourth-order valence-corrected chi connectivity index (χ4v) is 2.82. The average molecular weight is 343 g/mol. The maximum atomic E-state index is 13.1. The van der Waals surface area contributed by atoms with Crippen molar-refractivity contribution in [3.05, 3.63) is 53.3 Å². The number of primary amides is 1. The van der Waals surface area contributed by atoms with Crippen molar-refractivity contribution in [2.24, 2.45) is 5.73 Å². The number of aryl methyl sites for hydroxylation is 1. The monoisotopic (exact) mass is 343 g/mol. The van der Waals surface area contributed by atoms with Crippen LogP contribution in [-0.2, 0) is 16.0 Å². The van der Waals surface area contributed by atoms with Gasteiger partial charge in [-0.15, -0.1) is 0 Å². The summed E-state index contributed by atoms with van der Waals surface area (Å²) in [4.78, 5) is 23.5. The van der Waals surface area contributed by atoms with Crippen LogP contribution in [-0.4, -0.2) is 18.9 Å². The molecule has 4 N–H and O–H groups in total. The van der Waals surface area contributed by atoms with Crippen LogP contribution < -0.4 is 21.1 Å². The number of carbonyl (C=O) groups is 2. The van der Waals surface area contributed by atoms with Gasteiger partial charge in [0.15, 0.2) is 0 Å². The zero-order chi connectivity index (χ0) is 18.0. The van der Waals surface area contributed by atoms with E-state index in [4.69, 9.17) is 10.5 Å². The number of ether oxygens (including phenoxy) is 1. The topological polar surface area (TPSA) is 93.4 Å². The van der Waals surface area contributed by atoms with Gasteiger partial charge < -0.3 is 21.1 Å². The summed E-state index contributed by atoms with van der Waals surface area (Å²) in [6, 6.07) is 8.17. The summed E-state index contributed by atoms with van der Waals surface area (Å²) in [5.41, 5.74) is 8.16. The Morgan fingerprint density at radius 2 is 2.00 bits per heavy atom. The number of rotatable bonds is 5. The lowest BCUT2D eigenvalue weighted by atomic mass is 10.0. The van der Waals surface area contributed by atoms with E-state index in [2.05, 4.69) is 10.6 Å². The second kappa shape index (κ2) is 6.80. The second-order valence-corrected chi connectivity index (χ2v) is 5.79. The first kappa shape index (κ1) is 16.8. The fourth-order valence-electron chi connectivity index (χ4n) is 2.82. The lowest BCUT2D eigenvalue weighted by Gasteiger charge is -2.23. The van der Waals surface area contributed by atoms with Crippen molar-refractivity contribution in [3.8, 4) is 5.75 Å². The molecule has 3 rings (SSSR count). The number of carbonyl (C=O) groups excluding carboxylic acids is 2. The summed E-state index contributed by atoms with van der Waals surface area (Å²) in [6.07, 6.45) is 1.04. The number of hydrogen-bond donors (Lipinski definition) is 3. The average Bonchev–Trinajstić information content (AvgIpc) is 2.59. The number of methoxy groups -OCH3 is 1. The van der Waals surface area contributed by atoms with Crippen molar-refractivity contribution in [2.45, 2.75) is 18.9 Å². The number of nitrogens with two attached hydrogens (primary N) is 1. The van der Waals surface area contributed by atoms with E-state index in [-0.39, 0.29) is 5.91 Å². The predicted molar refractivity (Wildman–Crippen MR) is 91.9 cm³/mol. The summed E-state index contributed by atoms with van der Waals surface area (Å²) in [7, 11) is 1.52. The highest BCUT2D eigenvalue weighted by molar-refractivity contribution is 5.95. The zero-order valence-electron chi connectivity index (χ0n) is 13.6. The Morgan fingerprint density at radius 1 is 1.28 bits per heavy atom. The Hall–Kier alpha value is -3.09. The van der Waals surface area contributed by atoms with Crippen molar-refractivity contribution in [1.29, 1.82) is 0 Å². The van der Waals surface area contributed by atoms with Crippen molar-refractivity contribution in [1.82, 2.24) is 0 Å². The van der Waals surface area contributed by atoms with Gasteiger partial charge in [-0.2, -0.15) is 0 Å². The first-order valence-electron chi connectivity index (χ1n) is 7.80. The van der Waals surface area contributed by atoms with E-state index in [0.717, 1.165) is 5.56 Å². The summed E-state index contributed by atoms with van der Waals surface area (Å²) >= 11 is 0. The van der Waals surface area contributed by atoms with Crippen LogP contribution >= 0.6 is 0 Å². The molecule has 1 aliphatic heterocycles. The molecule has 0 aliphatic carbocycles. The van der Waals surface area contributed by atoms with Crippen LogP contribution in [0, 0.1) is 5.82 Å². The summed E-state index contributed by atoms with van der Waals surface area (Å²) < 4.78 is 18.5. The molecule has 1 heterocycles. The van der Waals surface area contributed by atoms with Gasteiger partial charge in [0.25, 0.3) is 0 Å². The number of benzene rings is 2. The number of halogens is 1. The molecule has 130 valence electrons. The molecule has 2 aromatic carbocycles. The molecule has 0 aromatic heterocycles. The van der Waals surface area contributed by atoms with E-state index >= 15 is 0 Å². The van der Waals surface area contributed by atoms with Gasteiger partial charge in [-0.3, -0.25) is 9.59 Å². The minimum absolute atomic E-state index is 0.0615. The van der Waals surface area contributed by atoms with Crippen molar-refractivity contribution >= 4 is 23.2 Å². The minimum atomic E-state index is -0.869. The highest BCUT2D eigenvalue weighted by atomic mass is 19.1. The smallest absolute Gasteiger partial charge is 0.244 e. The number of anilines is 2. The SMILES string of the molecule is COc1cc2c(cc1NC(C(N)=O)c1ccc(F)cc1)NC(=O)CC2. The maximum absolute atomic E-state index is 13.1. The molecule has 1 unspecified atom stereocenters. The third-order valence-corrected chi connectivity index (χ3v) is 4.11. The highest BCUT2D eigenvalue weighted by Crippen LogP contribution is 2.36. The molecule has 0 bridgehead atoms. The molecule has 0 radical (unpaired) electrons. The van der Waals surface area contributed by atoms with Crippen LogP contribution in [0.25, 0.3) is 0 Å². The molecule has 7 heteroatoms. The van der Waals surface area contributed by atoms with E-state index in [1.807, 2.05) is 6.07 Å². The van der Waals surface area contributed by atoms with E-state index in [1.165, 1.54) is 31.4 Å². The Morgan fingerprint density at radius 3 is 2.64 bits per heavy atom. The summed E-state index contributed by atoms with van der Waals surface area (Å²) in [5.74, 6) is -0.548. The van der Waals surface area contributed by atoms with Gasteiger partial charge in [0.2, 0.25) is 11.8 Å². The van der Waals surface area contributed by atoms with Gasteiger partial charge in [-0.25, -0.2) is 4.39 Å². The normalized spacial score (nSPS) is 14.2. The summed E-state index contributed by atoms with van der Waals surface area (Å²) in [6.45, 7) is 0. The van der Waals surface area contributed by atoms with E-state index in [1.54, 1.807) is 6.07 Å². The highest BCUT2D eigenvalue weighted by Gasteiger charge is 2.22. The number of amides is 2. The van der Waals surface area contributed by atoms with Crippen molar-refractivity contribution in [2.75, 3.05) is 17.7 Å². The standard InChI is InChI=1S/C18H18FN3O3/c1-25-15-8-11-4-7-16(23)21-13(11)9-14(15)22-17(18(20)24)10-2-5-12(19)6-3-10/h2-3,5-6,8-9,17,22H,4,7H2,1H3,(H2,20,24)(H,21,23). The lowest BCUT2D eigenvalue weighted by molar-refractivity contribution is -0.119. The van der Waals surface area contributed by atoms with Crippen molar-refractivity contribution in [3.63, 3.8) is 0 Å². The maximum Gasteiger partial charge on any atom is 0.244 e. The molecule has 2 amide bonds. The first-order valence-corrected chi connectivity index (χ1v) is 7.80. The van der Waals surface area contributed by atoms with Gasteiger partial charge in [0.1, 0.15) is 17.6 Å². The largest absolute Gasteiger partial charge is 0.495 e. The lowest BCUT2D eigenvalue weighted by Crippen LogP contribution is -2.28. The third-order valence-electron chi connectivity index (χ3n) is 4.11. The van der Waals surface area contributed by atoms with Gasteiger partial charge in [0, 0.05) is 12.1 Å². The van der Waals surface area contributed by atoms with Gasteiger partial charge in [-0.1, -0.05) is 12.1 Å². The van der Waals surface area contributed by atoms with Gasteiger partial charge in [0.05, 0.1) is 12.8 Å². The Balaban J connectivity index is 1.96. The first-order chi connectivity index (χ1) is 12.0. The molecule has 0 saturated carbocycles. The molecule has 1 aliphatic rings. The molecule has 0 spiro atoms. The molecule has 0 fully saturated rings. The molecular weight excluding hydrogens is 325 g/mol. The molecule has 6 nitrogen and oxygen atoms in total. The molecule has 25 heavy (non-hydrogen) atoms. The minimum Gasteiger partial charge on any atom is -0.495 e. The predicted octanol–water partition coefficient (Wildman–Crippen LogP) is 2.36. The number of hydrogen-bond acceptors (Lipinski definition) is 4. The quantitative estimate of drug-likeness (QED) is 0.777. The zero-order valence-corrected chi connectivity index (χ0v) is 13.6. The Labute approximate surface area is 144 Å². The van der Waals surface area contributed by atoms with Crippen LogP contribution in [0.15, 0.2) is 36.4 Å². The van der Waals surface area contributed by atoms with Crippen LogP contribution in [0.5, 0.6) is 5.75 Å². The van der Waals surface area contributed by atoms with Crippen LogP contribution in [0.4, 0.5) is 15.8 Å². The fraction of sp³-hybridized carbons (Fsp3) is 0.222. The molecule has 0 saturated heterocycles. The van der Waals surface area contributed by atoms with Crippen LogP contribution in [0.2, 0.25) is 0 Å². The molecule has 1 atom stereocenters. The van der Waals surface area contributed by atoms with E-state index in [0.29, 0.717) is 35.5 Å². The molecular formula is C18H18FN3O3. The Bertz CT molecular complexity index is 821. The Kier molecular flexibility index (Phi) is 4.56. The van der Waals surface area contributed by atoms with Crippen molar-refractivity contribution < 1.29 is 18.7 Å². The number of fused-ring (bicyclic) bond motifs is 1. The van der Waals surface area contributed by atoms with Crippen LogP contribution in [0.1, 0.15) is 23.6 Å². The van der Waals surface area contributed by atoms with Gasteiger partial charge in [-0.05, 0) is 41.8 Å². The summed E-state index contributed by atoms with van der Waals surface area (Å²) in [5, 5.41) is 5.83. The number of nitrogens with one attached hydrogen (secondary N) is 2. The second-order valence-electron chi connectivity index (χ2n) is 5.79. The molecule has 2 aromatic rings. The third kappa shape index (κ3) is 3.55. The van der Waals surface area contributed by atoms with E-state index in [9.17, 15) is 14.0 Å². The van der Waals surface area contributed by atoms with E-state index < -0.39 is 17.8 Å². The van der Waals surface area contributed by atoms with Gasteiger partial charge >= 0.3 is 0 Å². The van der Waals surface area contributed by atoms with Crippen LogP contribution in [0.3, 0.4) is 0 Å².